The minimum absolute atomic E-state index is 0.0117. The van der Waals surface area contributed by atoms with Crippen molar-refractivity contribution >= 4 is 17.5 Å². The summed E-state index contributed by atoms with van der Waals surface area (Å²) in [5.74, 6) is 0.409. The maximum atomic E-state index is 12.9. The van der Waals surface area contributed by atoms with Crippen LogP contribution >= 0.6 is 11.8 Å². The molecule has 4 rings (SSSR count). The lowest BCUT2D eigenvalue weighted by Gasteiger charge is -2.49. The van der Waals surface area contributed by atoms with Crippen molar-refractivity contribution in [2.45, 2.75) is 22.2 Å². The van der Waals surface area contributed by atoms with Crippen LogP contribution in [-0.2, 0) is 14.3 Å². The maximum Gasteiger partial charge on any atom is 0.162 e. The van der Waals surface area contributed by atoms with Crippen LogP contribution in [0.15, 0.2) is 65.6 Å². The second-order valence-electron chi connectivity index (χ2n) is 5.57. The molecule has 1 saturated carbocycles. The smallest absolute Gasteiger partial charge is 0.162 e. The van der Waals surface area contributed by atoms with E-state index in [-0.39, 0.29) is 12.0 Å². The lowest BCUT2D eigenvalue weighted by Crippen LogP contribution is -2.61. The Labute approximate surface area is 128 Å². The molecular formula is C18H16O2S. The molecule has 2 aromatic rings. The lowest BCUT2D eigenvalue weighted by molar-refractivity contribution is -0.143. The summed E-state index contributed by atoms with van der Waals surface area (Å²) in [6.45, 7) is 0.699. The van der Waals surface area contributed by atoms with Crippen LogP contribution in [0.3, 0.4) is 0 Å². The van der Waals surface area contributed by atoms with Gasteiger partial charge in [-0.15, -0.1) is 11.8 Å². The Morgan fingerprint density at radius 3 is 2.38 bits per heavy atom. The maximum absolute atomic E-state index is 12.9. The van der Waals surface area contributed by atoms with Crippen molar-refractivity contribution in [3.8, 4) is 0 Å². The number of carbonyl (C=O) groups excluding carboxylic acids is 1. The van der Waals surface area contributed by atoms with Crippen molar-refractivity contribution in [3.05, 3.63) is 66.2 Å². The molecule has 2 aromatic carbocycles. The van der Waals surface area contributed by atoms with Crippen molar-refractivity contribution < 1.29 is 9.53 Å². The van der Waals surface area contributed by atoms with E-state index < -0.39 is 4.75 Å². The van der Waals surface area contributed by atoms with Crippen LogP contribution in [0.1, 0.15) is 12.0 Å². The van der Waals surface area contributed by atoms with E-state index in [2.05, 4.69) is 12.1 Å². The standard InChI is InChI=1S/C18H16O2S/c19-16-15-11-12-20-17(15)18(16,13-7-3-1-4-8-13)21-14-9-5-2-6-10-14/h1-10,15,17H,11-12H2/t15-,17-,18?/m0/s1. The first-order valence-corrected chi connectivity index (χ1v) is 8.09. The third-order valence-corrected chi connectivity index (χ3v) is 5.92. The molecule has 0 spiro atoms. The normalized spacial score (nSPS) is 30.8. The molecule has 2 fully saturated rings. The van der Waals surface area contributed by atoms with Gasteiger partial charge in [0.2, 0.25) is 0 Å². The Bertz CT molecular complexity index is 655. The molecule has 1 saturated heterocycles. The summed E-state index contributed by atoms with van der Waals surface area (Å²) >= 11 is 1.64. The highest BCUT2D eigenvalue weighted by atomic mass is 32.2. The zero-order valence-electron chi connectivity index (χ0n) is 11.6. The fourth-order valence-corrected chi connectivity index (χ4v) is 4.93. The average Bonchev–Trinajstić information content (AvgIpc) is 3.00. The molecule has 1 aliphatic heterocycles. The average molecular weight is 296 g/mol. The fourth-order valence-electron chi connectivity index (χ4n) is 3.41. The van der Waals surface area contributed by atoms with E-state index in [1.807, 2.05) is 48.5 Å². The van der Waals surface area contributed by atoms with Gasteiger partial charge in [0, 0.05) is 11.5 Å². The number of fused-ring (bicyclic) bond motifs is 1. The van der Waals surface area contributed by atoms with Crippen LogP contribution in [0.5, 0.6) is 0 Å². The number of Topliss-reactive ketones (excluding diaryl/α,β-unsaturated/α-hetero) is 1. The minimum atomic E-state index is -0.566. The van der Waals surface area contributed by atoms with Gasteiger partial charge < -0.3 is 4.74 Å². The Kier molecular flexibility index (Phi) is 3.12. The van der Waals surface area contributed by atoms with Crippen LogP contribution in [-0.4, -0.2) is 18.5 Å². The van der Waals surface area contributed by atoms with Gasteiger partial charge in [-0.1, -0.05) is 48.5 Å². The highest BCUT2D eigenvalue weighted by Crippen LogP contribution is 2.59. The van der Waals surface area contributed by atoms with E-state index >= 15 is 0 Å². The molecule has 3 atom stereocenters. The Morgan fingerprint density at radius 2 is 1.67 bits per heavy atom. The van der Waals surface area contributed by atoms with Gasteiger partial charge in [-0.3, -0.25) is 4.79 Å². The predicted octanol–water partition coefficient (Wildman–Crippen LogP) is 3.66. The van der Waals surface area contributed by atoms with Gasteiger partial charge in [0.15, 0.2) is 5.78 Å². The third kappa shape index (κ3) is 1.88. The summed E-state index contributed by atoms with van der Waals surface area (Å²) in [6, 6.07) is 20.2. The van der Waals surface area contributed by atoms with E-state index in [0.717, 1.165) is 16.9 Å². The molecule has 0 radical (unpaired) electrons. The summed E-state index contributed by atoms with van der Waals surface area (Å²) in [5, 5.41) is 0. The summed E-state index contributed by atoms with van der Waals surface area (Å²) in [6.07, 6.45) is 0.880. The summed E-state index contributed by atoms with van der Waals surface area (Å²) in [7, 11) is 0. The molecule has 3 heteroatoms. The first-order chi connectivity index (χ1) is 10.3. The summed E-state index contributed by atoms with van der Waals surface area (Å²) in [5.41, 5.74) is 1.06. The first-order valence-electron chi connectivity index (χ1n) is 7.28. The number of ketones is 1. The highest BCUT2D eigenvalue weighted by Gasteiger charge is 2.66. The van der Waals surface area contributed by atoms with E-state index in [9.17, 15) is 4.79 Å². The minimum Gasteiger partial charge on any atom is -0.375 e. The van der Waals surface area contributed by atoms with Crippen molar-refractivity contribution in [2.24, 2.45) is 5.92 Å². The number of rotatable bonds is 3. The van der Waals surface area contributed by atoms with Gasteiger partial charge in [-0.25, -0.2) is 0 Å². The molecule has 0 amide bonds. The van der Waals surface area contributed by atoms with Crippen LogP contribution < -0.4 is 0 Å². The quantitative estimate of drug-likeness (QED) is 0.864. The zero-order valence-corrected chi connectivity index (χ0v) is 12.4. The Morgan fingerprint density at radius 1 is 1.00 bits per heavy atom. The number of carbonyl (C=O) groups is 1. The van der Waals surface area contributed by atoms with Crippen molar-refractivity contribution in [1.29, 1.82) is 0 Å². The number of ether oxygens (including phenoxy) is 1. The van der Waals surface area contributed by atoms with Gasteiger partial charge in [0.25, 0.3) is 0 Å². The largest absolute Gasteiger partial charge is 0.375 e. The Hall–Kier alpha value is -1.58. The van der Waals surface area contributed by atoms with Crippen LogP contribution in [0.25, 0.3) is 0 Å². The van der Waals surface area contributed by atoms with Crippen LogP contribution in [0, 0.1) is 5.92 Å². The SMILES string of the molecule is O=C1[C@@H]2CCO[C@@H]2C1(Sc1ccccc1)c1ccccc1. The predicted molar refractivity (Wildman–Crippen MR) is 83.3 cm³/mol. The monoisotopic (exact) mass is 296 g/mol. The summed E-state index contributed by atoms with van der Waals surface area (Å²) < 4.78 is 5.36. The molecular weight excluding hydrogens is 280 g/mol. The van der Waals surface area contributed by atoms with Crippen molar-refractivity contribution in [3.63, 3.8) is 0 Å². The molecule has 0 bridgehead atoms. The Balaban J connectivity index is 1.78. The fraction of sp³-hybridized carbons (Fsp3) is 0.278. The topological polar surface area (TPSA) is 26.3 Å². The van der Waals surface area contributed by atoms with E-state index in [1.54, 1.807) is 11.8 Å². The van der Waals surface area contributed by atoms with Gasteiger partial charge in [-0.05, 0) is 24.1 Å². The molecule has 2 aliphatic rings. The molecule has 21 heavy (non-hydrogen) atoms. The highest BCUT2D eigenvalue weighted by molar-refractivity contribution is 8.01. The molecule has 1 heterocycles. The third-order valence-electron chi connectivity index (χ3n) is 4.42. The second kappa shape index (κ2) is 5.00. The van der Waals surface area contributed by atoms with Gasteiger partial charge >= 0.3 is 0 Å². The van der Waals surface area contributed by atoms with E-state index in [4.69, 9.17) is 4.74 Å². The van der Waals surface area contributed by atoms with Gasteiger partial charge in [0.1, 0.15) is 4.75 Å². The molecule has 106 valence electrons. The van der Waals surface area contributed by atoms with Crippen LogP contribution in [0.4, 0.5) is 0 Å². The number of hydrogen-bond donors (Lipinski definition) is 0. The number of thioether (sulfide) groups is 1. The van der Waals surface area contributed by atoms with Gasteiger partial charge in [0.05, 0.1) is 12.0 Å². The zero-order chi connectivity index (χ0) is 14.3. The van der Waals surface area contributed by atoms with Crippen LogP contribution in [0.2, 0.25) is 0 Å². The molecule has 2 nitrogen and oxygen atoms in total. The molecule has 0 aromatic heterocycles. The van der Waals surface area contributed by atoms with E-state index in [0.29, 0.717) is 12.4 Å². The second-order valence-corrected chi connectivity index (χ2v) is 6.89. The molecule has 1 aliphatic carbocycles. The molecule has 0 N–H and O–H groups in total. The number of hydrogen-bond acceptors (Lipinski definition) is 3. The van der Waals surface area contributed by atoms with Gasteiger partial charge in [-0.2, -0.15) is 0 Å². The first kappa shape index (κ1) is 13.1. The molecule has 1 unspecified atom stereocenters. The lowest BCUT2D eigenvalue weighted by atomic mass is 9.66. The van der Waals surface area contributed by atoms with E-state index in [1.165, 1.54) is 0 Å². The number of benzene rings is 2. The summed E-state index contributed by atoms with van der Waals surface area (Å²) in [4.78, 5) is 14.0. The van der Waals surface area contributed by atoms with Crippen molar-refractivity contribution in [1.82, 2.24) is 0 Å². The van der Waals surface area contributed by atoms with Crippen molar-refractivity contribution in [2.75, 3.05) is 6.61 Å².